The van der Waals surface area contributed by atoms with Crippen LogP contribution in [0.3, 0.4) is 0 Å². The van der Waals surface area contributed by atoms with Gasteiger partial charge in [-0.25, -0.2) is 0 Å². The first-order valence-corrected chi connectivity index (χ1v) is 9.09. The highest BCUT2D eigenvalue weighted by molar-refractivity contribution is 4.92. The van der Waals surface area contributed by atoms with E-state index in [0.717, 1.165) is 0 Å². The third-order valence-corrected chi connectivity index (χ3v) is 4.73. The quantitative estimate of drug-likeness (QED) is 0.374. The van der Waals surface area contributed by atoms with Crippen molar-refractivity contribution >= 4 is 0 Å². The molecule has 20 heavy (non-hydrogen) atoms. The fourth-order valence-corrected chi connectivity index (χ4v) is 3.43. The summed E-state index contributed by atoms with van der Waals surface area (Å²) in [6.07, 6.45) is 12.0. The molecule has 0 fully saturated rings. The molecular weight excluding hydrogens is 242 g/mol. The lowest BCUT2D eigenvalue weighted by molar-refractivity contribution is 0.00209. The van der Waals surface area contributed by atoms with E-state index in [-0.39, 0.29) is 0 Å². The maximum absolute atomic E-state index is 2.82. The summed E-state index contributed by atoms with van der Waals surface area (Å²) >= 11 is 0. The van der Waals surface area contributed by atoms with Gasteiger partial charge in [0.1, 0.15) is 0 Å². The van der Waals surface area contributed by atoms with Crippen molar-refractivity contribution in [3.8, 4) is 0 Å². The second kappa shape index (κ2) is 9.82. The Labute approximate surface area is 129 Å². The summed E-state index contributed by atoms with van der Waals surface area (Å²) in [5.74, 6) is 0. The molecule has 0 heterocycles. The Morgan fingerprint density at radius 1 is 0.600 bits per heavy atom. The van der Waals surface area contributed by atoms with E-state index in [1.54, 1.807) is 0 Å². The Morgan fingerprint density at radius 2 is 1.00 bits per heavy atom. The van der Waals surface area contributed by atoms with Crippen LogP contribution in [0.1, 0.15) is 106 Å². The second-order valence-corrected chi connectivity index (χ2v) is 7.69. The molecule has 0 rings (SSSR count). The summed E-state index contributed by atoms with van der Waals surface area (Å²) < 4.78 is 0. The van der Waals surface area contributed by atoms with Crippen molar-refractivity contribution in [2.24, 2.45) is 0 Å². The van der Waals surface area contributed by atoms with Gasteiger partial charge in [-0.3, -0.25) is 4.90 Å². The topological polar surface area (TPSA) is 3.24 Å². The molecule has 0 saturated carbocycles. The highest BCUT2D eigenvalue weighted by atomic mass is 15.2. The molecule has 0 atom stereocenters. The zero-order valence-corrected chi connectivity index (χ0v) is 15.5. The van der Waals surface area contributed by atoms with Gasteiger partial charge in [0.25, 0.3) is 0 Å². The first-order chi connectivity index (χ1) is 9.31. The minimum Gasteiger partial charge on any atom is -0.293 e. The molecule has 1 nitrogen and oxygen atoms in total. The number of rotatable bonds is 12. The van der Waals surface area contributed by atoms with Gasteiger partial charge in [0, 0.05) is 11.1 Å². The monoisotopic (exact) mass is 283 g/mol. The van der Waals surface area contributed by atoms with E-state index in [1.165, 1.54) is 64.3 Å². The van der Waals surface area contributed by atoms with Crippen molar-refractivity contribution in [3.63, 3.8) is 0 Å². The molecule has 0 bridgehead atoms. The molecular formula is C19H41N. The fraction of sp³-hybridized carbons (Fsp3) is 1.00. The van der Waals surface area contributed by atoms with E-state index in [4.69, 9.17) is 0 Å². The molecule has 0 aromatic carbocycles. The number of hydrogen-bond acceptors (Lipinski definition) is 1. The first-order valence-electron chi connectivity index (χ1n) is 9.09. The molecule has 0 spiro atoms. The highest BCUT2D eigenvalue weighted by Gasteiger charge is 2.36. The second-order valence-electron chi connectivity index (χ2n) is 7.69. The lowest BCUT2D eigenvalue weighted by Crippen LogP contribution is -2.55. The maximum Gasteiger partial charge on any atom is 0.0158 e. The van der Waals surface area contributed by atoms with Crippen molar-refractivity contribution in [2.45, 2.75) is 117 Å². The zero-order valence-electron chi connectivity index (χ0n) is 15.5. The summed E-state index contributed by atoms with van der Waals surface area (Å²) in [5.41, 5.74) is 0.669. The van der Waals surface area contributed by atoms with Crippen LogP contribution in [0.5, 0.6) is 0 Å². The number of nitrogens with zero attached hydrogens (tertiary/aromatic N) is 1. The summed E-state index contributed by atoms with van der Waals surface area (Å²) in [7, 11) is 0. The smallest absolute Gasteiger partial charge is 0.0158 e. The largest absolute Gasteiger partial charge is 0.293 e. The Kier molecular flexibility index (Phi) is 9.80. The first kappa shape index (κ1) is 20.0. The molecule has 0 amide bonds. The predicted molar refractivity (Wildman–Crippen MR) is 93.4 cm³/mol. The van der Waals surface area contributed by atoms with Gasteiger partial charge in [0.05, 0.1) is 0 Å². The molecule has 0 aliphatic heterocycles. The Morgan fingerprint density at radius 3 is 1.35 bits per heavy atom. The maximum atomic E-state index is 2.82. The van der Waals surface area contributed by atoms with Crippen molar-refractivity contribution in [3.05, 3.63) is 0 Å². The van der Waals surface area contributed by atoms with Gasteiger partial charge in [0.2, 0.25) is 0 Å². The third kappa shape index (κ3) is 7.11. The zero-order chi connectivity index (χ0) is 15.6. The van der Waals surface area contributed by atoms with Crippen molar-refractivity contribution in [1.82, 2.24) is 4.90 Å². The SMILES string of the molecule is CCCCCN(C(C)(C)CCCC)C(C)(C)CCCC. The van der Waals surface area contributed by atoms with E-state index in [0.29, 0.717) is 11.1 Å². The van der Waals surface area contributed by atoms with Crippen LogP contribution in [-0.2, 0) is 0 Å². The van der Waals surface area contributed by atoms with E-state index >= 15 is 0 Å². The van der Waals surface area contributed by atoms with Crippen LogP contribution < -0.4 is 0 Å². The van der Waals surface area contributed by atoms with Crippen LogP contribution in [0, 0.1) is 0 Å². The van der Waals surface area contributed by atoms with Crippen molar-refractivity contribution in [1.29, 1.82) is 0 Å². The van der Waals surface area contributed by atoms with Crippen LogP contribution in [0.2, 0.25) is 0 Å². The Bertz CT molecular complexity index is 210. The van der Waals surface area contributed by atoms with Gasteiger partial charge in [0.15, 0.2) is 0 Å². The molecule has 1 heteroatoms. The van der Waals surface area contributed by atoms with Crippen molar-refractivity contribution in [2.75, 3.05) is 6.54 Å². The van der Waals surface area contributed by atoms with Crippen LogP contribution in [0.15, 0.2) is 0 Å². The van der Waals surface area contributed by atoms with Gasteiger partial charge in [-0.15, -0.1) is 0 Å². The summed E-state index contributed by atoms with van der Waals surface area (Å²) in [4.78, 5) is 2.82. The van der Waals surface area contributed by atoms with Gasteiger partial charge < -0.3 is 0 Å². The number of hydrogen-bond donors (Lipinski definition) is 0. The molecule has 0 N–H and O–H groups in total. The highest BCUT2D eigenvalue weighted by Crippen LogP contribution is 2.33. The van der Waals surface area contributed by atoms with Crippen LogP contribution in [0.4, 0.5) is 0 Å². The molecule has 0 radical (unpaired) electrons. The van der Waals surface area contributed by atoms with E-state index < -0.39 is 0 Å². The molecule has 0 unspecified atom stereocenters. The Balaban J connectivity index is 4.84. The average Bonchev–Trinajstić information content (AvgIpc) is 2.38. The van der Waals surface area contributed by atoms with E-state index in [9.17, 15) is 0 Å². The number of unbranched alkanes of at least 4 members (excludes halogenated alkanes) is 4. The fourth-order valence-electron chi connectivity index (χ4n) is 3.43. The summed E-state index contributed by atoms with van der Waals surface area (Å²) in [6.45, 7) is 18.0. The molecule has 0 aromatic rings. The standard InChI is InChI=1S/C19H41N/c1-8-11-14-17-20(18(4,5)15-12-9-2)19(6,7)16-13-10-3/h8-17H2,1-7H3. The molecule has 0 aliphatic rings. The van der Waals surface area contributed by atoms with E-state index in [1.807, 2.05) is 0 Å². The minimum absolute atomic E-state index is 0.334. The molecule has 0 saturated heterocycles. The normalized spacial score (nSPS) is 13.2. The van der Waals surface area contributed by atoms with E-state index in [2.05, 4.69) is 53.4 Å². The summed E-state index contributed by atoms with van der Waals surface area (Å²) in [5, 5.41) is 0. The van der Waals surface area contributed by atoms with Gasteiger partial charge in [-0.2, -0.15) is 0 Å². The summed E-state index contributed by atoms with van der Waals surface area (Å²) in [6, 6.07) is 0. The lowest BCUT2D eigenvalue weighted by Gasteiger charge is -2.49. The lowest BCUT2D eigenvalue weighted by atomic mass is 9.85. The minimum atomic E-state index is 0.334. The molecule has 0 aliphatic carbocycles. The van der Waals surface area contributed by atoms with Crippen molar-refractivity contribution < 1.29 is 0 Å². The predicted octanol–water partition coefficient (Wildman–Crippen LogP) is 6.42. The van der Waals surface area contributed by atoms with Gasteiger partial charge in [-0.1, -0.05) is 59.3 Å². The van der Waals surface area contributed by atoms with Gasteiger partial charge in [-0.05, 0) is 53.5 Å². The average molecular weight is 284 g/mol. The third-order valence-electron chi connectivity index (χ3n) is 4.73. The van der Waals surface area contributed by atoms with Crippen LogP contribution in [0.25, 0.3) is 0 Å². The van der Waals surface area contributed by atoms with Gasteiger partial charge >= 0.3 is 0 Å². The van der Waals surface area contributed by atoms with Crippen LogP contribution in [-0.4, -0.2) is 22.5 Å². The van der Waals surface area contributed by atoms with Crippen LogP contribution >= 0.6 is 0 Å². The Hall–Kier alpha value is -0.0400. The molecule has 122 valence electrons. The molecule has 0 aromatic heterocycles.